The normalized spacial score (nSPS) is 21.3. The van der Waals surface area contributed by atoms with E-state index >= 15 is 0 Å². The summed E-state index contributed by atoms with van der Waals surface area (Å²) in [5, 5.41) is 12.4. The minimum absolute atomic E-state index is 0.334. The molecule has 1 saturated heterocycles. The van der Waals surface area contributed by atoms with Gasteiger partial charge in [-0.05, 0) is 25.5 Å². The van der Waals surface area contributed by atoms with Crippen LogP contribution in [-0.2, 0) is 0 Å². The molecular formula is C10H11ClN4. The van der Waals surface area contributed by atoms with Gasteiger partial charge in [-0.1, -0.05) is 11.6 Å². The van der Waals surface area contributed by atoms with Crippen molar-refractivity contribution in [2.24, 2.45) is 0 Å². The maximum Gasteiger partial charge on any atom is 0.162 e. The number of fused-ring (bicyclic) bond motifs is 1. The second kappa shape index (κ2) is 3.47. The summed E-state index contributed by atoms with van der Waals surface area (Å²) in [4.78, 5) is 0. The van der Waals surface area contributed by atoms with Gasteiger partial charge in [0.05, 0.1) is 6.04 Å². The highest BCUT2D eigenvalue weighted by atomic mass is 35.5. The van der Waals surface area contributed by atoms with Crippen LogP contribution in [0.25, 0.3) is 5.65 Å². The summed E-state index contributed by atoms with van der Waals surface area (Å²) in [6.07, 6.45) is 4.25. The van der Waals surface area contributed by atoms with E-state index in [4.69, 9.17) is 11.6 Å². The first kappa shape index (κ1) is 9.12. The van der Waals surface area contributed by atoms with E-state index in [1.54, 1.807) is 0 Å². The van der Waals surface area contributed by atoms with Crippen LogP contribution in [0.4, 0.5) is 0 Å². The van der Waals surface area contributed by atoms with E-state index in [1.807, 2.05) is 22.7 Å². The van der Waals surface area contributed by atoms with Crippen LogP contribution in [0.5, 0.6) is 0 Å². The van der Waals surface area contributed by atoms with Gasteiger partial charge < -0.3 is 5.32 Å². The summed E-state index contributed by atoms with van der Waals surface area (Å²) in [7, 11) is 0. The minimum atomic E-state index is 0.334. The number of nitrogens with one attached hydrogen (secondary N) is 1. The SMILES string of the molecule is Clc1ccn2c(C3CCCN3)nnc2c1. The zero-order valence-electron chi connectivity index (χ0n) is 8.15. The van der Waals surface area contributed by atoms with Crippen molar-refractivity contribution in [3.8, 4) is 0 Å². The Morgan fingerprint density at radius 3 is 3.20 bits per heavy atom. The predicted octanol–water partition coefficient (Wildman–Crippen LogP) is 1.81. The molecule has 15 heavy (non-hydrogen) atoms. The Morgan fingerprint density at radius 2 is 2.40 bits per heavy atom. The van der Waals surface area contributed by atoms with Gasteiger partial charge in [-0.2, -0.15) is 0 Å². The highest BCUT2D eigenvalue weighted by molar-refractivity contribution is 6.30. The van der Waals surface area contributed by atoms with Crippen molar-refractivity contribution < 1.29 is 0 Å². The van der Waals surface area contributed by atoms with Crippen molar-refractivity contribution >= 4 is 17.2 Å². The van der Waals surface area contributed by atoms with Crippen molar-refractivity contribution in [1.82, 2.24) is 19.9 Å². The lowest BCUT2D eigenvalue weighted by Crippen LogP contribution is -2.15. The lowest BCUT2D eigenvalue weighted by Gasteiger charge is -2.07. The average Bonchev–Trinajstić information content (AvgIpc) is 2.82. The van der Waals surface area contributed by atoms with Gasteiger partial charge in [0.2, 0.25) is 0 Å². The zero-order chi connectivity index (χ0) is 10.3. The Kier molecular flexibility index (Phi) is 2.11. The third kappa shape index (κ3) is 1.50. The largest absolute Gasteiger partial charge is 0.307 e. The maximum atomic E-state index is 5.89. The standard InChI is InChI=1S/C10H11ClN4/c11-7-3-5-15-9(6-7)13-14-10(15)8-2-1-4-12-8/h3,5-6,8,12H,1-2,4H2. The molecule has 0 aliphatic carbocycles. The van der Waals surface area contributed by atoms with Crippen LogP contribution in [0.1, 0.15) is 24.7 Å². The molecule has 0 aromatic carbocycles. The molecule has 5 heteroatoms. The lowest BCUT2D eigenvalue weighted by molar-refractivity contribution is 0.598. The third-order valence-corrected chi connectivity index (χ3v) is 3.01. The van der Waals surface area contributed by atoms with E-state index in [1.165, 1.54) is 6.42 Å². The number of aromatic nitrogens is 3. The van der Waals surface area contributed by atoms with Crippen molar-refractivity contribution in [2.45, 2.75) is 18.9 Å². The van der Waals surface area contributed by atoms with Crippen LogP contribution in [0, 0.1) is 0 Å². The van der Waals surface area contributed by atoms with Gasteiger partial charge in [0, 0.05) is 17.3 Å². The van der Waals surface area contributed by atoms with Gasteiger partial charge in [-0.3, -0.25) is 4.40 Å². The molecule has 3 rings (SSSR count). The molecule has 1 N–H and O–H groups in total. The van der Waals surface area contributed by atoms with Crippen LogP contribution in [0.15, 0.2) is 18.3 Å². The van der Waals surface area contributed by atoms with Gasteiger partial charge in [-0.25, -0.2) is 0 Å². The maximum absolute atomic E-state index is 5.89. The van der Waals surface area contributed by atoms with Gasteiger partial charge in [0.25, 0.3) is 0 Å². The Balaban J connectivity index is 2.11. The molecule has 3 heterocycles. The molecule has 4 nitrogen and oxygen atoms in total. The summed E-state index contributed by atoms with van der Waals surface area (Å²) in [5.74, 6) is 0.985. The van der Waals surface area contributed by atoms with Crippen LogP contribution < -0.4 is 5.32 Å². The van der Waals surface area contributed by atoms with E-state index in [-0.39, 0.29) is 0 Å². The Labute approximate surface area is 92.3 Å². The first-order valence-corrected chi connectivity index (χ1v) is 5.46. The van der Waals surface area contributed by atoms with Crippen molar-refractivity contribution in [3.05, 3.63) is 29.2 Å². The first-order chi connectivity index (χ1) is 7.34. The quantitative estimate of drug-likeness (QED) is 0.800. The first-order valence-electron chi connectivity index (χ1n) is 5.08. The average molecular weight is 223 g/mol. The Bertz CT molecular complexity index is 487. The van der Waals surface area contributed by atoms with Crippen molar-refractivity contribution in [3.63, 3.8) is 0 Å². The van der Waals surface area contributed by atoms with E-state index in [2.05, 4.69) is 15.5 Å². The summed E-state index contributed by atoms with van der Waals surface area (Å²) >= 11 is 5.89. The molecule has 0 spiro atoms. The van der Waals surface area contributed by atoms with Crippen LogP contribution in [-0.4, -0.2) is 21.1 Å². The number of rotatable bonds is 1. The topological polar surface area (TPSA) is 42.2 Å². The highest BCUT2D eigenvalue weighted by Gasteiger charge is 2.21. The van der Waals surface area contributed by atoms with Gasteiger partial charge in [0.15, 0.2) is 11.5 Å². The van der Waals surface area contributed by atoms with E-state index in [9.17, 15) is 0 Å². The second-order valence-electron chi connectivity index (χ2n) is 3.78. The van der Waals surface area contributed by atoms with Crippen molar-refractivity contribution in [2.75, 3.05) is 6.54 Å². The number of hydrogen-bond donors (Lipinski definition) is 1. The van der Waals surface area contributed by atoms with Gasteiger partial charge in [0.1, 0.15) is 0 Å². The number of pyridine rings is 1. The molecule has 1 atom stereocenters. The Hall–Kier alpha value is -1.13. The van der Waals surface area contributed by atoms with Crippen LogP contribution >= 0.6 is 11.6 Å². The molecule has 0 radical (unpaired) electrons. The highest BCUT2D eigenvalue weighted by Crippen LogP contribution is 2.22. The Morgan fingerprint density at radius 1 is 1.47 bits per heavy atom. The predicted molar refractivity (Wildman–Crippen MR) is 58.0 cm³/mol. The molecule has 0 saturated carbocycles. The molecule has 1 aliphatic heterocycles. The van der Waals surface area contributed by atoms with E-state index in [0.717, 1.165) is 24.4 Å². The molecule has 2 aromatic heterocycles. The molecular weight excluding hydrogens is 212 g/mol. The smallest absolute Gasteiger partial charge is 0.162 e. The summed E-state index contributed by atoms with van der Waals surface area (Å²) < 4.78 is 1.99. The second-order valence-corrected chi connectivity index (χ2v) is 4.22. The van der Waals surface area contributed by atoms with Gasteiger partial charge in [-0.15, -0.1) is 10.2 Å². The summed E-state index contributed by atoms with van der Waals surface area (Å²) in [6, 6.07) is 4.02. The molecule has 78 valence electrons. The molecule has 1 unspecified atom stereocenters. The lowest BCUT2D eigenvalue weighted by atomic mass is 10.2. The monoisotopic (exact) mass is 222 g/mol. The fraction of sp³-hybridized carbons (Fsp3) is 0.400. The minimum Gasteiger partial charge on any atom is -0.307 e. The third-order valence-electron chi connectivity index (χ3n) is 2.77. The van der Waals surface area contributed by atoms with E-state index in [0.29, 0.717) is 11.1 Å². The number of nitrogens with zero attached hydrogens (tertiary/aromatic N) is 3. The van der Waals surface area contributed by atoms with Crippen LogP contribution in [0.3, 0.4) is 0 Å². The molecule has 0 amide bonds. The number of hydrogen-bond acceptors (Lipinski definition) is 3. The van der Waals surface area contributed by atoms with E-state index < -0.39 is 0 Å². The molecule has 1 fully saturated rings. The molecule has 0 bridgehead atoms. The summed E-state index contributed by atoms with van der Waals surface area (Å²) in [5.41, 5.74) is 0.811. The molecule has 2 aromatic rings. The molecule has 1 aliphatic rings. The fourth-order valence-electron chi connectivity index (χ4n) is 2.03. The zero-order valence-corrected chi connectivity index (χ0v) is 8.91. The number of halogens is 1. The van der Waals surface area contributed by atoms with Crippen molar-refractivity contribution in [1.29, 1.82) is 0 Å². The van der Waals surface area contributed by atoms with Crippen LogP contribution in [0.2, 0.25) is 5.02 Å². The summed E-state index contributed by atoms with van der Waals surface area (Å²) in [6.45, 7) is 1.06. The fourth-order valence-corrected chi connectivity index (χ4v) is 2.18. The van der Waals surface area contributed by atoms with Gasteiger partial charge >= 0.3 is 0 Å².